The number of aromatic nitrogens is 1. The summed E-state index contributed by atoms with van der Waals surface area (Å²) in [5, 5.41) is 4.05. The van der Waals surface area contributed by atoms with Crippen molar-refractivity contribution in [2.45, 2.75) is 25.7 Å². The summed E-state index contributed by atoms with van der Waals surface area (Å²) in [7, 11) is 0. The Morgan fingerprint density at radius 1 is 1.47 bits per heavy atom. The fourth-order valence-electron chi connectivity index (χ4n) is 2.38. The van der Waals surface area contributed by atoms with Gasteiger partial charge < -0.3 is 5.32 Å². The fourth-order valence-corrected chi connectivity index (χ4v) is 2.55. The molecule has 2 aliphatic rings. The van der Waals surface area contributed by atoms with E-state index in [9.17, 15) is 0 Å². The number of rotatable bonds is 4. The second-order valence-electron chi connectivity index (χ2n) is 4.86. The Morgan fingerprint density at radius 3 is 2.87 bits per heavy atom. The molecular formula is C12H15ClN2. The lowest BCUT2D eigenvalue weighted by Crippen LogP contribution is -2.17. The molecule has 15 heavy (non-hydrogen) atoms. The second kappa shape index (κ2) is 3.38. The largest absolute Gasteiger partial charge is 0.384 e. The predicted octanol–water partition coefficient (Wildman–Crippen LogP) is 3.34. The van der Waals surface area contributed by atoms with Gasteiger partial charge in [-0.05, 0) is 49.1 Å². The molecule has 3 rings (SSSR count). The van der Waals surface area contributed by atoms with Crippen LogP contribution >= 0.6 is 11.6 Å². The lowest BCUT2D eigenvalue weighted by molar-refractivity contribution is 0.467. The topological polar surface area (TPSA) is 24.9 Å². The van der Waals surface area contributed by atoms with Crippen LogP contribution in [0.25, 0.3) is 0 Å². The summed E-state index contributed by atoms with van der Waals surface area (Å²) in [4.78, 5) is 3.97. The van der Waals surface area contributed by atoms with Crippen molar-refractivity contribution in [2.75, 3.05) is 11.9 Å². The van der Waals surface area contributed by atoms with E-state index in [1.807, 2.05) is 12.1 Å². The van der Waals surface area contributed by atoms with Gasteiger partial charge in [0, 0.05) is 18.4 Å². The third kappa shape index (κ3) is 1.96. The third-order valence-corrected chi connectivity index (χ3v) is 3.91. The molecule has 1 aromatic rings. The van der Waals surface area contributed by atoms with Crippen molar-refractivity contribution in [3.63, 3.8) is 0 Å². The number of anilines is 1. The van der Waals surface area contributed by atoms with Gasteiger partial charge in [0.2, 0.25) is 0 Å². The Balaban J connectivity index is 1.61. The number of hydrogen-bond acceptors (Lipinski definition) is 2. The first kappa shape index (κ1) is 9.46. The third-order valence-electron chi connectivity index (χ3n) is 3.71. The van der Waals surface area contributed by atoms with Gasteiger partial charge in [0.25, 0.3) is 0 Å². The van der Waals surface area contributed by atoms with Crippen LogP contribution < -0.4 is 5.32 Å². The molecule has 2 aliphatic carbocycles. The number of nitrogens with one attached hydrogen (secondary N) is 1. The minimum absolute atomic E-state index is 0.566. The van der Waals surface area contributed by atoms with Crippen molar-refractivity contribution in [2.24, 2.45) is 11.3 Å². The Labute approximate surface area is 95.0 Å². The Kier molecular flexibility index (Phi) is 2.13. The highest BCUT2D eigenvalue weighted by atomic mass is 35.5. The van der Waals surface area contributed by atoms with E-state index >= 15 is 0 Å². The molecule has 0 aromatic carbocycles. The van der Waals surface area contributed by atoms with E-state index in [4.69, 9.17) is 11.6 Å². The molecule has 1 N–H and O–H groups in total. The molecule has 0 radical (unpaired) electrons. The summed E-state index contributed by atoms with van der Waals surface area (Å²) in [5.41, 5.74) is 1.73. The van der Waals surface area contributed by atoms with Gasteiger partial charge in [0.15, 0.2) is 0 Å². The highest BCUT2D eigenvalue weighted by molar-refractivity contribution is 6.29. The fraction of sp³-hybridized carbons (Fsp3) is 0.583. The number of nitrogens with zero attached hydrogens (tertiary/aromatic N) is 1. The first-order valence-electron chi connectivity index (χ1n) is 5.64. The summed E-state index contributed by atoms with van der Waals surface area (Å²) < 4.78 is 0. The van der Waals surface area contributed by atoms with Crippen LogP contribution in [0.5, 0.6) is 0 Å². The van der Waals surface area contributed by atoms with Crippen LogP contribution in [-0.2, 0) is 0 Å². The number of hydrogen-bond donors (Lipinski definition) is 1. The van der Waals surface area contributed by atoms with Crippen LogP contribution in [-0.4, -0.2) is 11.5 Å². The molecule has 0 atom stereocenters. The molecule has 80 valence electrons. The summed E-state index contributed by atoms with van der Waals surface area (Å²) in [6, 6.07) is 3.87. The van der Waals surface area contributed by atoms with Crippen molar-refractivity contribution in [3.05, 3.63) is 23.5 Å². The van der Waals surface area contributed by atoms with Gasteiger partial charge in [-0.2, -0.15) is 0 Å². The van der Waals surface area contributed by atoms with E-state index < -0.39 is 0 Å². The van der Waals surface area contributed by atoms with Crippen LogP contribution in [0.4, 0.5) is 5.69 Å². The zero-order chi connectivity index (χ0) is 10.3. The molecule has 1 heterocycles. The van der Waals surface area contributed by atoms with Crippen LogP contribution in [0.3, 0.4) is 0 Å². The smallest absolute Gasteiger partial charge is 0.131 e. The molecule has 0 unspecified atom stereocenters. The molecule has 0 spiro atoms. The number of pyridine rings is 1. The Hall–Kier alpha value is -0.760. The highest BCUT2D eigenvalue weighted by Gasteiger charge is 2.53. The maximum Gasteiger partial charge on any atom is 0.131 e. The van der Waals surface area contributed by atoms with E-state index in [0.717, 1.165) is 18.2 Å². The summed E-state index contributed by atoms with van der Waals surface area (Å²) in [6.07, 6.45) is 7.45. The molecule has 2 nitrogen and oxygen atoms in total. The van der Waals surface area contributed by atoms with E-state index in [1.54, 1.807) is 6.20 Å². The standard InChI is InChI=1S/C12H15ClN2/c13-11-7-10(3-6-14-11)15-8-12(4-5-12)9-1-2-9/h3,6-7,9H,1-2,4-5,8H2,(H,14,15). The zero-order valence-electron chi connectivity index (χ0n) is 8.67. The van der Waals surface area contributed by atoms with Gasteiger partial charge in [-0.3, -0.25) is 0 Å². The Bertz CT molecular complexity index is 370. The SMILES string of the molecule is Clc1cc(NCC2(C3CC3)CC2)ccn1. The van der Waals surface area contributed by atoms with Crippen molar-refractivity contribution < 1.29 is 0 Å². The minimum Gasteiger partial charge on any atom is -0.384 e. The van der Waals surface area contributed by atoms with Crippen LogP contribution in [0.15, 0.2) is 18.3 Å². The quantitative estimate of drug-likeness (QED) is 0.791. The van der Waals surface area contributed by atoms with E-state index in [-0.39, 0.29) is 0 Å². The van der Waals surface area contributed by atoms with Gasteiger partial charge in [0.1, 0.15) is 5.15 Å². The zero-order valence-corrected chi connectivity index (χ0v) is 9.43. The van der Waals surface area contributed by atoms with Gasteiger partial charge in [-0.15, -0.1) is 0 Å². The lowest BCUT2D eigenvalue weighted by Gasteiger charge is -2.15. The normalized spacial score (nSPS) is 22.5. The maximum absolute atomic E-state index is 5.83. The van der Waals surface area contributed by atoms with Crippen LogP contribution in [0, 0.1) is 11.3 Å². The summed E-state index contributed by atoms with van der Waals surface area (Å²) >= 11 is 5.83. The van der Waals surface area contributed by atoms with Crippen LogP contribution in [0.2, 0.25) is 5.15 Å². The average molecular weight is 223 g/mol. The second-order valence-corrected chi connectivity index (χ2v) is 5.24. The molecule has 0 bridgehead atoms. The average Bonchev–Trinajstić information content (AvgIpc) is 3.08. The molecule has 0 saturated heterocycles. The monoisotopic (exact) mass is 222 g/mol. The molecule has 0 aliphatic heterocycles. The van der Waals surface area contributed by atoms with Gasteiger partial charge >= 0.3 is 0 Å². The van der Waals surface area contributed by atoms with Gasteiger partial charge in [-0.1, -0.05) is 11.6 Å². The number of halogens is 1. The first-order valence-corrected chi connectivity index (χ1v) is 6.02. The highest BCUT2D eigenvalue weighted by Crippen LogP contribution is 2.61. The molecule has 2 fully saturated rings. The van der Waals surface area contributed by atoms with E-state index in [1.165, 1.54) is 25.7 Å². The summed E-state index contributed by atoms with van der Waals surface area (Å²) in [5.74, 6) is 1.00. The molecular weight excluding hydrogens is 208 g/mol. The molecule has 3 heteroatoms. The molecule has 2 saturated carbocycles. The first-order chi connectivity index (χ1) is 7.28. The van der Waals surface area contributed by atoms with Crippen molar-refractivity contribution in [1.29, 1.82) is 0 Å². The summed E-state index contributed by atoms with van der Waals surface area (Å²) in [6.45, 7) is 1.11. The van der Waals surface area contributed by atoms with Crippen LogP contribution in [0.1, 0.15) is 25.7 Å². The lowest BCUT2D eigenvalue weighted by atomic mass is 10.0. The van der Waals surface area contributed by atoms with Crippen molar-refractivity contribution in [1.82, 2.24) is 4.98 Å². The maximum atomic E-state index is 5.83. The van der Waals surface area contributed by atoms with E-state index in [0.29, 0.717) is 10.6 Å². The van der Waals surface area contributed by atoms with Crippen molar-refractivity contribution >= 4 is 17.3 Å². The molecule has 0 amide bonds. The van der Waals surface area contributed by atoms with Gasteiger partial charge in [-0.25, -0.2) is 4.98 Å². The Morgan fingerprint density at radius 2 is 2.27 bits per heavy atom. The minimum atomic E-state index is 0.566. The van der Waals surface area contributed by atoms with Crippen molar-refractivity contribution in [3.8, 4) is 0 Å². The van der Waals surface area contributed by atoms with E-state index in [2.05, 4.69) is 10.3 Å². The van der Waals surface area contributed by atoms with Gasteiger partial charge in [0.05, 0.1) is 0 Å². The molecule has 1 aromatic heterocycles. The predicted molar refractivity (Wildman–Crippen MR) is 62.1 cm³/mol.